The van der Waals surface area contributed by atoms with E-state index in [0.29, 0.717) is 27.5 Å². The van der Waals surface area contributed by atoms with Crippen LogP contribution >= 0.6 is 11.3 Å². The van der Waals surface area contributed by atoms with Crippen molar-refractivity contribution in [1.82, 2.24) is 4.98 Å². The Kier molecular flexibility index (Phi) is 7.03. The van der Waals surface area contributed by atoms with Crippen molar-refractivity contribution in [2.24, 2.45) is 0 Å². The first-order valence-electron chi connectivity index (χ1n) is 9.40. The molecule has 0 radical (unpaired) electrons. The Labute approximate surface area is 179 Å². The van der Waals surface area contributed by atoms with Crippen LogP contribution in [-0.2, 0) is 9.53 Å². The van der Waals surface area contributed by atoms with Crippen molar-refractivity contribution in [3.8, 4) is 17.0 Å². The van der Waals surface area contributed by atoms with Gasteiger partial charge in [-0.05, 0) is 23.6 Å². The van der Waals surface area contributed by atoms with E-state index in [4.69, 9.17) is 4.74 Å². The molecule has 1 aromatic heterocycles. The van der Waals surface area contributed by atoms with Gasteiger partial charge in [-0.25, -0.2) is 9.78 Å². The molecule has 2 amide bonds. The number of nitrogens with one attached hydrogen (secondary N) is 2. The van der Waals surface area contributed by atoms with Crippen LogP contribution in [0.25, 0.3) is 11.3 Å². The van der Waals surface area contributed by atoms with Gasteiger partial charge >= 0.3 is 6.09 Å². The predicted molar refractivity (Wildman–Crippen MR) is 118 cm³/mol. The molecule has 0 aliphatic carbocycles. The van der Waals surface area contributed by atoms with Gasteiger partial charge in [0.1, 0.15) is 16.4 Å². The van der Waals surface area contributed by atoms with Crippen molar-refractivity contribution >= 4 is 33.5 Å². The molecule has 156 valence electrons. The number of ether oxygens (including phenoxy) is 2. The van der Waals surface area contributed by atoms with Crippen LogP contribution in [0.3, 0.4) is 0 Å². The summed E-state index contributed by atoms with van der Waals surface area (Å²) in [6.07, 6.45) is -0.630. The lowest BCUT2D eigenvalue weighted by molar-refractivity contribution is -0.118. The van der Waals surface area contributed by atoms with Gasteiger partial charge in [0.05, 0.1) is 7.11 Å². The third kappa shape index (κ3) is 5.57. The number of aromatic nitrogens is 1. The van der Waals surface area contributed by atoms with E-state index in [1.807, 2.05) is 54.6 Å². The van der Waals surface area contributed by atoms with Gasteiger partial charge in [-0.1, -0.05) is 67.6 Å². The van der Waals surface area contributed by atoms with Gasteiger partial charge in [-0.2, -0.15) is 0 Å². The number of thiazole rings is 1. The van der Waals surface area contributed by atoms with Crippen molar-refractivity contribution in [1.29, 1.82) is 0 Å². The Bertz CT molecular complexity index is 1000. The molecule has 1 heterocycles. The van der Waals surface area contributed by atoms with Crippen molar-refractivity contribution in [2.75, 3.05) is 24.4 Å². The highest BCUT2D eigenvalue weighted by molar-refractivity contribution is 7.20. The van der Waals surface area contributed by atoms with Crippen molar-refractivity contribution in [3.63, 3.8) is 0 Å². The van der Waals surface area contributed by atoms with Gasteiger partial charge in [0, 0.05) is 5.56 Å². The number of hydrogen-bond acceptors (Lipinski definition) is 6. The molecule has 0 saturated carbocycles. The molecule has 2 aromatic carbocycles. The molecule has 0 spiro atoms. The summed E-state index contributed by atoms with van der Waals surface area (Å²) in [5, 5.41) is 6.18. The average molecular weight is 426 g/mol. The third-order valence-corrected chi connectivity index (χ3v) is 5.12. The molecule has 3 rings (SSSR count). The van der Waals surface area contributed by atoms with Crippen molar-refractivity contribution in [2.45, 2.75) is 19.8 Å². The van der Waals surface area contributed by atoms with E-state index in [9.17, 15) is 9.59 Å². The van der Waals surface area contributed by atoms with Gasteiger partial charge in [-0.3, -0.25) is 10.1 Å². The molecule has 0 aliphatic rings. The van der Waals surface area contributed by atoms with E-state index >= 15 is 0 Å². The molecule has 2 N–H and O–H groups in total. The molecule has 30 heavy (non-hydrogen) atoms. The van der Waals surface area contributed by atoms with Crippen molar-refractivity contribution < 1.29 is 19.1 Å². The van der Waals surface area contributed by atoms with E-state index in [1.165, 1.54) is 12.7 Å². The van der Waals surface area contributed by atoms with Gasteiger partial charge in [0.25, 0.3) is 5.91 Å². The van der Waals surface area contributed by atoms with Gasteiger partial charge in [-0.15, -0.1) is 0 Å². The lowest BCUT2D eigenvalue weighted by Gasteiger charge is -2.09. The van der Waals surface area contributed by atoms with Crippen LogP contribution in [0.5, 0.6) is 5.75 Å². The first-order valence-corrected chi connectivity index (χ1v) is 10.2. The molecular weight excluding hydrogens is 402 g/mol. The number of amides is 2. The van der Waals surface area contributed by atoms with Crippen LogP contribution in [0, 0.1) is 0 Å². The maximum absolute atomic E-state index is 12.5. The number of rotatable bonds is 7. The third-order valence-electron chi connectivity index (χ3n) is 4.24. The fourth-order valence-corrected chi connectivity index (χ4v) is 3.54. The maximum atomic E-state index is 12.5. The highest BCUT2D eigenvalue weighted by Gasteiger charge is 2.17. The highest BCUT2D eigenvalue weighted by Crippen LogP contribution is 2.35. The van der Waals surface area contributed by atoms with E-state index in [-0.39, 0.29) is 12.5 Å². The van der Waals surface area contributed by atoms with Crippen LogP contribution < -0.4 is 15.4 Å². The van der Waals surface area contributed by atoms with Gasteiger partial charge < -0.3 is 14.8 Å². The molecule has 0 unspecified atom stereocenters. The number of anilines is 2. The molecule has 0 fully saturated rings. The monoisotopic (exact) mass is 425 g/mol. The normalized spacial score (nSPS) is 10.5. The lowest BCUT2D eigenvalue weighted by Crippen LogP contribution is -2.20. The Morgan fingerprint density at radius 3 is 2.37 bits per heavy atom. The maximum Gasteiger partial charge on any atom is 0.413 e. The molecule has 0 aliphatic heterocycles. The molecule has 3 aromatic rings. The second kappa shape index (κ2) is 9.89. The Morgan fingerprint density at radius 1 is 1.03 bits per heavy atom. The zero-order chi connectivity index (χ0) is 21.5. The smallest absolute Gasteiger partial charge is 0.413 e. The quantitative estimate of drug-likeness (QED) is 0.548. The fraction of sp³-hybridized carbons (Fsp3) is 0.227. The van der Waals surface area contributed by atoms with Crippen molar-refractivity contribution in [3.05, 3.63) is 60.2 Å². The zero-order valence-electron chi connectivity index (χ0n) is 17.0. The van der Waals surface area contributed by atoms with E-state index < -0.39 is 6.09 Å². The van der Waals surface area contributed by atoms with Crippen LogP contribution in [0.1, 0.15) is 25.3 Å². The van der Waals surface area contributed by atoms with E-state index in [1.54, 1.807) is 0 Å². The zero-order valence-corrected chi connectivity index (χ0v) is 17.8. The predicted octanol–water partition coefficient (Wildman–Crippen LogP) is 5.13. The minimum Gasteiger partial charge on any atom is -0.484 e. The number of hydrogen-bond donors (Lipinski definition) is 2. The van der Waals surface area contributed by atoms with Crippen LogP contribution in [-0.4, -0.2) is 30.7 Å². The fourth-order valence-electron chi connectivity index (χ4n) is 2.65. The first kappa shape index (κ1) is 21.3. The minimum absolute atomic E-state index is 0.146. The summed E-state index contributed by atoms with van der Waals surface area (Å²) < 4.78 is 10.2. The van der Waals surface area contributed by atoms with Crippen LogP contribution in [0.2, 0.25) is 0 Å². The van der Waals surface area contributed by atoms with E-state index in [0.717, 1.165) is 16.9 Å². The molecule has 8 heteroatoms. The summed E-state index contributed by atoms with van der Waals surface area (Å²) in [6.45, 7) is 4.09. The summed E-state index contributed by atoms with van der Waals surface area (Å²) in [5.74, 6) is 0.724. The van der Waals surface area contributed by atoms with Crippen LogP contribution in [0.4, 0.5) is 14.9 Å². The molecule has 0 saturated heterocycles. The van der Waals surface area contributed by atoms with Crippen LogP contribution in [0.15, 0.2) is 54.6 Å². The number of nitrogens with zero attached hydrogens (tertiary/aromatic N) is 1. The molecule has 0 bridgehead atoms. The number of carbonyl (C=O) groups is 2. The molecule has 0 atom stereocenters. The minimum atomic E-state index is -0.630. The summed E-state index contributed by atoms with van der Waals surface area (Å²) in [4.78, 5) is 28.4. The average Bonchev–Trinajstić information content (AvgIpc) is 3.14. The second-order valence-corrected chi connectivity index (χ2v) is 7.74. The molecule has 7 nitrogen and oxygen atoms in total. The number of benzene rings is 2. The number of carbonyl (C=O) groups excluding carboxylic acids is 2. The summed E-state index contributed by atoms with van der Waals surface area (Å²) in [7, 11) is 1.27. The Morgan fingerprint density at radius 2 is 1.73 bits per heavy atom. The van der Waals surface area contributed by atoms with E-state index in [2.05, 4.69) is 34.2 Å². The highest BCUT2D eigenvalue weighted by atomic mass is 32.1. The number of methoxy groups -OCH3 is 1. The summed E-state index contributed by atoms with van der Waals surface area (Å²) in [6, 6.07) is 17.1. The van der Waals surface area contributed by atoms with Gasteiger partial charge in [0.2, 0.25) is 0 Å². The van der Waals surface area contributed by atoms with Gasteiger partial charge in [0.15, 0.2) is 11.7 Å². The summed E-state index contributed by atoms with van der Waals surface area (Å²) in [5.41, 5.74) is 2.57. The first-order chi connectivity index (χ1) is 14.5. The Balaban J connectivity index is 1.70. The standard InChI is InChI=1S/C22H23N3O4S/c1-14(2)15-9-11-17(12-10-15)29-13-18(26)23-20-19(16-7-5-4-6-8-16)24-21(30-20)25-22(27)28-3/h4-12,14H,13H2,1-3H3,(H,23,26)(H,24,25,27). The topological polar surface area (TPSA) is 89.5 Å². The lowest BCUT2D eigenvalue weighted by atomic mass is 10.0. The largest absolute Gasteiger partial charge is 0.484 e. The SMILES string of the molecule is COC(=O)Nc1nc(-c2ccccc2)c(NC(=O)COc2ccc(C(C)C)cc2)s1. The second-order valence-electron chi connectivity index (χ2n) is 6.74. The summed E-state index contributed by atoms with van der Waals surface area (Å²) >= 11 is 1.14. The molecular formula is C22H23N3O4S. The Hall–Kier alpha value is -3.39.